The first-order chi connectivity index (χ1) is 10.0. The van der Waals surface area contributed by atoms with Crippen LogP contribution in [0.15, 0.2) is 23.4 Å². The van der Waals surface area contributed by atoms with Gasteiger partial charge in [0.25, 0.3) is 0 Å². The Hall–Kier alpha value is -1.55. The molecular weight excluding hydrogens is 262 g/mol. The van der Waals surface area contributed by atoms with Gasteiger partial charge in [0.05, 0.1) is 0 Å². The average molecular weight is 289 g/mol. The molecule has 0 aromatic heterocycles. The Morgan fingerprint density at radius 2 is 2.10 bits per heavy atom. The molecule has 0 heterocycles. The van der Waals surface area contributed by atoms with E-state index in [2.05, 4.69) is 37.0 Å². The molecule has 1 saturated carbocycles. The first kappa shape index (κ1) is 15.8. The van der Waals surface area contributed by atoms with E-state index in [1.807, 2.05) is 12.1 Å². The van der Waals surface area contributed by atoms with Crippen LogP contribution in [0.5, 0.6) is 0 Å². The number of oxime groups is 1. The van der Waals surface area contributed by atoms with Crippen molar-refractivity contribution < 1.29 is 5.21 Å². The van der Waals surface area contributed by atoms with E-state index >= 15 is 0 Å². The Kier molecular flexibility index (Phi) is 5.23. The van der Waals surface area contributed by atoms with Gasteiger partial charge in [-0.1, -0.05) is 37.1 Å². The fourth-order valence-corrected chi connectivity index (χ4v) is 3.43. The van der Waals surface area contributed by atoms with E-state index in [0.29, 0.717) is 6.04 Å². The highest BCUT2D eigenvalue weighted by atomic mass is 16.4. The van der Waals surface area contributed by atoms with Crippen molar-refractivity contribution in [2.75, 3.05) is 7.05 Å². The van der Waals surface area contributed by atoms with Gasteiger partial charge in [-0.3, -0.25) is 4.90 Å². The maximum absolute atomic E-state index is 8.75. The summed E-state index contributed by atoms with van der Waals surface area (Å²) in [6, 6.07) is 6.69. The molecule has 3 N–H and O–H groups in total. The molecule has 1 fully saturated rings. The molecule has 2 rings (SSSR count). The minimum Gasteiger partial charge on any atom is -0.409 e. The van der Waals surface area contributed by atoms with Crippen molar-refractivity contribution in [3.05, 3.63) is 34.9 Å². The van der Waals surface area contributed by atoms with Gasteiger partial charge < -0.3 is 10.9 Å². The lowest BCUT2D eigenvalue weighted by Gasteiger charge is -2.36. The van der Waals surface area contributed by atoms with Gasteiger partial charge in [0.2, 0.25) is 0 Å². The molecule has 116 valence electrons. The number of rotatable bonds is 4. The monoisotopic (exact) mass is 289 g/mol. The molecule has 1 aliphatic rings. The number of hydrogen-bond donors (Lipinski definition) is 2. The quantitative estimate of drug-likeness (QED) is 0.387. The number of benzene rings is 1. The molecular formula is C17H27N3O. The number of nitrogens with zero attached hydrogens (tertiary/aromatic N) is 2. The molecule has 1 aromatic carbocycles. The van der Waals surface area contributed by atoms with Crippen LogP contribution in [-0.4, -0.2) is 29.0 Å². The predicted octanol–water partition coefficient (Wildman–Crippen LogP) is 3.10. The molecule has 0 aliphatic heterocycles. The van der Waals surface area contributed by atoms with Crippen molar-refractivity contribution in [1.82, 2.24) is 4.90 Å². The zero-order valence-corrected chi connectivity index (χ0v) is 13.3. The Balaban J connectivity index is 2.08. The second-order valence-electron chi connectivity index (χ2n) is 6.37. The fourth-order valence-electron chi connectivity index (χ4n) is 3.43. The highest BCUT2D eigenvalue weighted by Crippen LogP contribution is 2.28. The van der Waals surface area contributed by atoms with Gasteiger partial charge in [0.1, 0.15) is 0 Å². The molecule has 21 heavy (non-hydrogen) atoms. The minimum absolute atomic E-state index is 0.166. The highest BCUT2D eigenvalue weighted by molar-refractivity contribution is 5.97. The van der Waals surface area contributed by atoms with Crippen LogP contribution >= 0.6 is 0 Å². The van der Waals surface area contributed by atoms with Gasteiger partial charge in [-0.2, -0.15) is 0 Å². The van der Waals surface area contributed by atoms with Crippen LogP contribution in [0.1, 0.15) is 49.3 Å². The third kappa shape index (κ3) is 3.76. The summed E-state index contributed by atoms with van der Waals surface area (Å²) in [5.74, 6) is 0.944. The topological polar surface area (TPSA) is 61.9 Å². The molecule has 2 unspecified atom stereocenters. The SMILES string of the molecule is Cc1cc(/C(N)=N/O)ccc1CN(C)C1CCCCC1C. The fraction of sp³-hybridized carbons (Fsp3) is 0.588. The van der Waals surface area contributed by atoms with Gasteiger partial charge in [-0.15, -0.1) is 0 Å². The summed E-state index contributed by atoms with van der Waals surface area (Å²) in [5.41, 5.74) is 8.91. The molecule has 0 bridgehead atoms. The number of amidine groups is 1. The smallest absolute Gasteiger partial charge is 0.170 e. The normalized spacial score (nSPS) is 23.5. The second kappa shape index (κ2) is 6.94. The third-order valence-corrected chi connectivity index (χ3v) is 4.80. The summed E-state index contributed by atoms with van der Waals surface area (Å²) in [4.78, 5) is 2.48. The molecule has 2 atom stereocenters. The van der Waals surface area contributed by atoms with Gasteiger partial charge in [-0.25, -0.2) is 0 Å². The Labute approximate surface area is 127 Å². The number of aryl methyl sites for hydroxylation is 1. The molecule has 4 heteroatoms. The van der Waals surface area contributed by atoms with E-state index in [4.69, 9.17) is 10.9 Å². The van der Waals surface area contributed by atoms with E-state index in [1.54, 1.807) is 0 Å². The lowest BCUT2D eigenvalue weighted by molar-refractivity contribution is 0.133. The molecule has 0 amide bonds. The zero-order valence-electron chi connectivity index (χ0n) is 13.3. The summed E-state index contributed by atoms with van der Waals surface area (Å²) in [6.07, 6.45) is 5.37. The Morgan fingerprint density at radius 3 is 2.71 bits per heavy atom. The van der Waals surface area contributed by atoms with Crippen LogP contribution in [0, 0.1) is 12.8 Å². The van der Waals surface area contributed by atoms with Crippen molar-refractivity contribution in [3.8, 4) is 0 Å². The average Bonchev–Trinajstić information content (AvgIpc) is 2.48. The van der Waals surface area contributed by atoms with Crippen LogP contribution in [0.25, 0.3) is 0 Å². The van der Waals surface area contributed by atoms with Crippen molar-refractivity contribution in [2.45, 2.75) is 52.1 Å². The molecule has 4 nitrogen and oxygen atoms in total. The summed E-state index contributed by atoms with van der Waals surface area (Å²) in [6.45, 7) is 5.41. The maximum atomic E-state index is 8.75. The van der Waals surface area contributed by atoms with Gasteiger partial charge in [0.15, 0.2) is 5.84 Å². The second-order valence-corrected chi connectivity index (χ2v) is 6.37. The Bertz CT molecular complexity index is 513. The summed E-state index contributed by atoms with van der Waals surface area (Å²) < 4.78 is 0. The van der Waals surface area contributed by atoms with Crippen LogP contribution in [0.2, 0.25) is 0 Å². The van der Waals surface area contributed by atoms with E-state index in [1.165, 1.54) is 36.8 Å². The lowest BCUT2D eigenvalue weighted by Crippen LogP contribution is -2.38. The van der Waals surface area contributed by atoms with Crippen LogP contribution in [0.4, 0.5) is 0 Å². The van der Waals surface area contributed by atoms with Crippen LogP contribution in [0.3, 0.4) is 0 Å². The zero-order chi connectivity index (χ0) is 15.4. The van der Waals surface area contributed by atoms with Crippen molar-refractivity contribution in [2.24, 2.45) is 16.8 Å². The lowest BCUT2D eigenvalue weighted by atomic mass is 9.85. The largest absolute Gasteiger partial charge is 0.409 e. The first-order valence-corrected chi connectivity index (χ1v) is 7.80. The molecule has 0 saturated heterocycles. The van der Waals surface area contributed by atoms with E-state index in [9.17, 15) is 0 Å². The van der Waals surface area contributed by atoms with E-state index < -0.39 is 0 Å². The predicted molar refractivity (Wildman–Crippen MR) is 86.6 cm³/mol. The van der Waals surface area contributed by atoms with E-state index in [0.717, 1.165) is 18.0 Å². The van der Waals surface area contributed by atoms with Gasteiger partial charge in [0, 0.05) is 18.2 Å². The maximum Gasteiger partial charge on any atom is 0.170 e. The van der Waals surface area contributed by atoms with Gasteiger partial charge >= 0.3 is 0 Å². The molecule has 1 aromatic rings. The summed E-state index contributed by atoms with van der Waals surface area (Å²) in [5, 5.41) is 11.8. The molecule has 0 spiro atoms. The number of nitrogens with two attached hydrogens (primary N) is 1. The van der Waals surface area contributed by atoms with Crippen molar-refractivity contribution in [1.29, 1.82) is 0 Å². The summed E-state index contributed by atoms with van der Waals surface area (Å²) >= 11 is 0. The van der Waals surface area contributed by atoms with Crippen molar-refractivity contribution in [3.63, 3.8) is 0 Å². The third-order valence-electron chi connectivity index (χ3n) is 4.80. The molecule has 0 radical (unpaired) electrons. The van der Waals surface area contributed by atoms with Crippen molar-refractivity contribution >= 4 is 5.84 Å². The van der Waals surface area contributed by atoms with E-state index in [-0.39, 0.29) is 5.84 Å². The highest BCUT2D eigenvalue weighted by Gasteiger charge is 2.25. The number of hydrogen-bond acceptors (Lipinski definition) is 3. The van der Waals surface area contributed by atoms with Crippen LogP contribution < -0.4 is 5.73 Å². The van der Waals surface area contributed by atoms with Crippen LogP contribution in [-0.2, 0) is 6.54 Å². The minimum atomic E-state index is 0.166. The Morgan fingerprint density at radius 1 is 1.38 bits per heavy atom. The first-order valence-electron chi connectivity index (χ1n) is 7.80. The van der Waals surface area contributed by atoms with Gasteiger partial charge in [-0.05, 0) is 49.9 Å². The standard InChI is InChI=1S/C17H27N3O/c1-12-6-4-5-7-16(12)20(3)11-15-9-8-14(10-13(15)2)17(18)19-21/h8-10,12,16,21H,4-7,11H2,1-3H3,(H2,18,19). The molecule has 1 aliphatic carbocycles. The summed E-state index contributed by atoms with van der Waals surface area (Å²) in [7, 11) is 2.23.